The first-order valence-electron chi connectivity index (χ1n) is 9.84. The number of benzene rings is 1. The van der Waals surface area contributed by atoms with Gasteiger partial charge in [-0.15, -0.1) is 0 Å². The van der Waals surface area contributed by atoms with E-state index in [1.807, 2.05) is 12.2 Å². The quantitative estimate of drug-likeness (QED) is 0.722. The average Bonchev–Trinajstić information content (AvgIpc) is 3.36. The van der Waals surface area contributed by atoms with E-state index in [1.165, 1.54) is 12.1 Å². The normalized spacial score (nSPS) is 28.8. The molecule has 2 saturated heterocycles. The number of aromatic nitrogens is 2. The molecule has 154 valence electrons. The van der Waals surface area contributed by atoms with Gasteiger partial charge in [-0.1, -0.05) is 12.2 Å². The summed E-state index contributed by atoms with van der Waals surface area (Å²) in [6.07, 6.45) is 8.13. The number of carbonyl (C=O) groups excluding carboxylic acids is 2. The Morgan fingerprint density at radius 2 is 2.23 bits per heavy atom. The maximum Gasteiger partial charge on any atom is 0.234 e. The number of hydrogen-bond acceptors (Lipinski definition) is 5. The molecule has 2 aromatic rings. The third kappa shape index (κ3) is 2.74. The van der Waals surface area contributed by atoms with Crippen molar-refractivity contribution in [2.45, 2.75) is 25.2 Å². The Morgan fingerprint density at radius 3 is 2.97 bits per heavy atom. The second kappa shape index (κ2) is 6.70. The number of aryl methyl sites for hydroxylation is 1. The predicted octanol–water partition coefficient (Wildman–Crippen LogP) is 1.87. The Bertz CT molecular complexity index is 1060. The number of carbonyl (C=O) groups is 2. The van der Waals surface area contributed by atoms with Crippen LogP contribution in [0, 0.1) is 24.6 Å². The van der Waals surface area contributed by atoms with Crippen LogP contribution in [-0.2, 0) is 20.9 Å². The lowest BCUT2D eigenvalue weighted by atomic mass is 9.76. The second-order valence-electron chi connectivity index (χ2n) is 8.15. The first-order chi connectivity index (χ1) is 14.4. The highest BCUT2D eigenvalue weighted by Gasteiger charge is 2.67. The molecule has 3 aliphatic rings. The number of amides is 2. The number of rotatable bonds is 4. The standard InChI is InChI=1S/C22H21FN4O3/c1-13-9-14(23)3-4-16(13)27-12-22-6-5-17(30-22)18(19(22)21(27)29)20(28)26(2)11-15-10-24-7-8-25-15/h3-10,17-19H,11-12H2,1-2H3/t17-,18-,19+,22-/m0/s1. The summed E-state index contributed by atoms with van der Waals surface area (Å²) < 4.78 is 19.7. The maximum absolute atomic E-state index is 13.5. The Hall–Kier alpha value is -3.13. The Kier molecular flexibility index (Phi) is 4.21. The van der Waals surface area contributed by atoms with Crippen LogP contribution in [0.3, 0.4) is 0 Å². The van der Waals surface area contributed by atoms with E-state index in [0.717, 1.165) is 0 Å². The van der Waals surface area contributed by atoms with Crippen LogP contribution >= 0.6 is 0 Å². The third-order valence-corrected chi connectivity index (χ3v) is 6.23. The molecular formula is C22H21FN4O3. The van der Waals surface area contributed by atoms with Gasteiger partial charge in [0.05, 0.1) is 42.9 Å². The van der Waals surface area contributed by atoms with Crippen LogP contribution in [0.2, 0.25) is 0 Å². The molecule has 0 aliphatic carbocycles. The van der Waals surface area contributed by atoms with Crippen molar-refractivity contribution in [3.8, 4) is 0 Å². The van der Waals surface area contributed by atoms with Crippen LogP contribution in [0.4, 0.5) is 10.1 Å². The lowest BCUT2D eigenvalue weighted by Crippen LogP contribution is -2.44. The highest BCUT2D eigenvalue weighted by atomic mass is 19.1. The smallest absolute Gasteiger partial charge is 0.234 e. The van der Waals surface area contributed by atoms with Crippen LogP contribution in [-0.4, -0.2) is 52.0 Å². The van der Waals surface area contributed by atoms with E-state index < -0.39 is 23.5 Å². The molecule has 5 rings (SSSR count). The van der Waals surface area contributed by atoms with Gasteiger partial charge in [-0.3, -0.25) is 19.6 Å². The topological polar surface area (TPSA) is 75.6 Å². The molecule has 7 nitrogen and oxygen atoms in total. The van der Waals surface area contributed by atoms with Crippen molar-refractivity contribution in [1.29, 1.82) is 0 Å². The Labute approximate surface area is 173 Å². The minimum absolute atomic E-state index is 0.159. The summed E-state index contributed by atoms with van der Waals surface area (Å²) in [6.45, 7) is 2.38. The van der Waals surface area contributed by atoms with Crippen molar-refractivity contribution in [3.05, 3.63) is 66.0 Å². The molecule has 2 bridgehead atoms. The van der Waals surface area contributed by atoms with Gasteiger partial charge in [0.2, 0.25) is 11.8 Å². The van der Waals surface area contributed by atoms with Crippen LogP contribution in [0.5, 0.6) is 0 Å². The van der Waals surface area contributed by atoms with Crippen molar-refractivity contribution in [3.63, 3.8) is 0 Å². The van der Waals surface area contributed by atoms with Crippen LogP contribution in [0.25, 0.3) is 0 Å². The zero-order chi connectivity index (χ0) is 21.0. The fourth-order valence-electron chi connectivity index (χ4n) is 4.89. The fraction of sp³-hybridized carbons (Fsp3) is 0.364. The SMILES string of the molecule is Cc1cc(F)ccc1N1C[C@]23C=C[C@H](O2)[C@H](C(=O)N(C)Cc2cnccn2)[C@@H]3C1=O. The summed E-state index contributed by atoms with van der Waals surface area (Å²) >= 11 is 0. The van der Waals surface area contributed by atoms with Gasteiger partial charge in [-0.25, -0.2) is 4.39 Å². The van der Waals surface area contributed by atoms with Crippen molar-refractivity contribution in [1.82, 2.24) is 14.9 Å². The molecule has 2 amide bonds. The molecule has 0 N–H and O–H groups in total. The fourth-order valence-corrected chi connectivity index (χ4v) is 4.89. The molecule has 30 heavy (non-hydrogen) atoms. The molecule has 1 spiro atoms. The molecule has 1 aromatic carbocycles. The molecule has 0 unspecified atom stereocenters. The number of nitrogens with zero attached hydrogens (tertiary/aromatic N) is 4. The van der Waals surface area contributed by atoms with Crippen LogP contribution < -0.4 is 4.90 Å². The molecule has 8 heteroatoms. The lowest BCUT2D eigenvalue weighted by molar-refractivity contribution is -0.139. The molecule has 0 saturated carbocycles. The zero-order valence-electron chi connectivity index (χ0n) is 16.7. The van der Waals surface area contributed by atoms with Gasteiger partial charge in [0.15, 0.2) is 0 Å². The van der Waals surface area contributed by atoms with E-state index in [1.54, 1.807) is 48.4 Å². The van der Waals surface area contributed by atoms with Gasteiger partial charge >= 0.3 is 0 Å². The van der Waals surface area contributed by atoms with Gasteiger partial charge in [-0.05, 0) is 30.7 Å². The first-order valence-corrected chi connectivity index (χ1v) is 9.84. The largest absolute Gasteiger partial charge is 0.360 e. The van der Waals surface area contributed by atoms with Crippen molar-refractivity contribution >= 4 is 17.5 Å². The lowest BCUT2D eigenvalue weighted by Gasteiger charge is -2.27. The molecule has 4 heterocycles. The maximum atomic E-state index is 13.5. The Morgan fingerprint density at radius 1 is 1.40 bits per heavy atom. The second-order valence-corrected chi connectivity index (χ2v) is 8.15. The van der Waals surface area contributed by atoms with Gasteiger partial charge in [0.25, 0.3) is 0 Å². The Balaban J connectivity index is 1.43. The van der Waals surface area contributed by atoms with Crippen molar-refractivity contribution in [2.24, 2.45) is 11.8 Å². The molecule has 3 aliphatic heterocycles. The first kappa shape index (κ1) is 18.9. The van der Waals surface area contributed by atoms with Crippen LogP contribution in [0.15, 0.2) is 48.9 Å². The molecule has 2 fully saturated rings. The number of hydrogen-bond donors (Lipinski definition) is 0. The summed E-state index contributed by atoms with van der Waals surface area (Å²) in [6, 6.07) is 4.35. The van der Waals surface area contributed by atoms with E-state index in [4.69, 9.17) is 4.74 Å². The average molecular weight is 408 g/mol. The molecule has 4 atom stereocenters. The van der Waals surface area contributed by atoms with Crippen LogP contribution in [0.1, 0.15) is 11.3 Å². The van der Waals surface area contributed by atoms with E-state index in [9.17, 15) is 14.0 Å². The number of halogens is 1. The van der Waals surface area contributed by atoms with Crippen molar-refractivity contribution < 1.29 is 18.7 Å². The van der Waals surface area contributed by atoms with E-state index >= 15 is 0 Å². The highest BCUT2D eigenvalue weighted by Crippen LogP contribution is 2.53. The van der Waals surface area contributed by atoms with Gasteiger partial charge in [0.1, 0.15) is 11.4 Å². The van der Waals surface area contributed by atoms with Gasteiger partial charge in [-0.2, -0.15) is 0 Å². The van der Waals surface area contributed by atoms with E-state index in [0.29, 0.717) is 30.0 Å². The van der Waals surface area contributed by atoms with Gasteiger partial charge < -0.3 is 14.5 Å². The number of ether oxygens (including phenoxy) is 1. The minimum Gasteiger partial charge on any atom is -0.360 e. The summed E-state index contributed by atoms with van der Waals surface area (Å²) in [4.78, 5) is 38.2. The van der Waals surface area contributed by atoms with Gasteiger partial charge in [0, 0.05) is 25.1 Å². The summed E-state index contributed by atoms with van der Waals surface area (Å²) in [7, 11) is 1.70. The molecular weight excluding hydrogens is 387 g/mol. The number of fused-ring (bicyclic) bond motifs is 1. The summed E-state index contributed by atoms with van der Waals surface area (Å²) in [5.41, 5.74) is 1.16. The summed E-state index contributed by atoms with van der Waals surface area (Å²) in [5.74, 6) is -1.88. The molecule has 1 aromatic heterocycles. The number of anilines is 1. The predicted molar refractivity (Wildman–Crippen MR) is 106 cm³/mol. The molecule has 0 radical (unpaired) electrons. The third-order valence-electron chi connectivity index (χ3n) is 6.23. The summed E-state index contributed by atoms with van der Waals surface area (Å²) in [5, 5.41) is 0. The minimum atomic E-state index is -0.823. The van der Waals surface area contributed by atoms with Crippen molar-refractivity contribution in [2.75, 3.05) is 18.5 Å². The van der Waals surface area contributed by atoms with E-state index in [2.05, 4.69) is 9.97 Å². The zero-order valence-corrected chi connectivity index (χ0v) is 16.7. The van der Waals surface area contributed by atoms with E-state index in [-0.39, 0.29) is 17.6 Å². The highest BCUT2D eigenvalue weighted by molar-refractivity contribution is 6.03. The monoisotopic (exact) mass is 408 g/mol.